The van der Waals surface area contributed by atoms with E-state index in [0.29, 0.717) is 19.0 Å². The molecule has 1 N–H and O–H groups in total. The number of hydrogen-bond acceptors (Lipinski definition) is 2. The van der Waals surface area contributed by atoms with E-state index in [9.17, 15) is 4.79 Å². The molecule has 0 saturated heterocycles. The van der Waals surface area contributed by atoms with Crippen LogP contribution in [0.25, 0.3) is 0 Å². The third-order valence-electron chi connectivity index (χ3n) is 3.46. The molecule has 0 saturated carbocycles. The number of rotatable bonds is 8. The van der Waals surface area contributed by atoms with Crippen LogP contribution < -0.4 is 5.32 Å². The first kappa shape index (κ1) is 18.9. The van der Waals surface area contributed by atoms with Gasteiger partial charge in [-0.05, 0) is 38.9 Å². The lowest BCUT2D eigenvalue weighted by Crippen LogP contribution is -2.37. The molecule has 20 heavy (non-hydrogen) atoms. The van der Waals surface area contributed by atoms with Gasteiger partial charge in [0, 0.05) is 19.0 Å². The Morgan fingerprint density at radius 2 is 1.95 bits per heavy atom. The molecule has 0 aliphatic carbocycles. The highest BCUT2D eigenvalue weighted by Gasteiger charge is 2.18. The molecule has 0 radical (unpaired) electrons. The van der Waals surface area contributed by atoms with Crippen molar-refractivity contribution in [3.05, 3.63) is 35.9 Å². The lowest BCUT2D eigenvalue weighted by atomic mass is 10.1. The molecule has 1 unspecified atom stereocenters. The number of nitrogens with zero attached hydrogens (tertiary/aromatic N) is 1. The Bertz CT molecular complexity index is 370. The lowest BCUT2D eigenvalue weighted by Gasteiger charge is -2.29. The molecule has 114 valence electrons. The van der Waals surface area contributed by atoms with Crippen molar-refractivity contribution in [2.45, 2.75) is 45.7 Å². The number of carbonyl (C=O) groups excluding carboxylic acids is 1. The first-order chi connectivity index (χ1) is 9.19. The predicted octanol–water partition coefficient (Wildman–Crippen LogP) is 3.24. The Morgan fingerprint density at radius 1 is 1.30 bits per heavy atom. The van der Waals surface area contributed by atoms with Gasteiger partial charge in [-0.15, -0.1) is 12.4 Å². The highest BCUT2D eigenvalue weighted by atomic mass is 35.5. The molecule has 4 heteroatoms. The van der Waals surface area contributed by atoms with E-state index in [0.717, 1.165) is 19.4 Å². The van der Waals surface area contributed by atoms with Gasteiger partial charge < -0.3 is 10.2 Å². The van der Waals surface area contributed by atoms with Crippen molar-refractivity contribution in [1.82, 2.24) is 10.2 Å². The Hall–Kier alpha value is -1.06. The Labute approximate surface area is 129 Å². The Kier molecular flexibility index (Phi) is 10.1. The molecular formula is C16H27ClN2O. The molecule has 3 nitrogen and oxygen atoms in total. The SMILES string of the molecule is CCC(C)N(Cc1ccccc1)C(=O)CCCNC.Cl. The molecule has 1 amide bonds. The van der Waals surface area contributed by atoms with Crippen LogP contribution in [0.2, 0.25) is 0 Å². The molecular weight excluding hydrogens is 272 g/mol. The van der Waals surface area contributed by atoms with Gasteiger partial charge in [0.1, 0.15) is 0 Å². The molecule has 0 bridgehead atoms. The van der Waals surface area contributed by atoms with Crippen LogP contribution in [0.3, 0.4) is 0 Å². The van der Waals surface area contributed by atoms with Gasteiger partial charge in [-0.3, -0.25) is 4.79 Å². The van der Waals surface area contributed by atoms with Crippen LogP contribution in [0.4, 0.5) is 0 Å². The minimum atomic E-state index is 0. The second-order valence-corrected chi connectivity index (χ2v) is 4.97. The van der Waals surface area contributed by atoms with E-state index in [-0.39, 0.29) is 18.3 Å². The van der Waals surface area contributed by atoms with Crippen molar-refractivity contribution in [1.29, 1.82) is 0 Å². The van der Waals surface area contributed by atoms with Crippen molar-refractivity contribution in [3.8, 4) is 0 Å². The molecule has 0 aliphatic rings. The summed E-state index contributed by atoms with van der Waals surface area (Å²) in [7, 11) is 1.92. The van der Waals surface area contributed by atoms with Gasteiger partial charge in [-0.1, -0.05) is 37.3 Å². The molecule has 0 fully saturated rings. The van der Waals surface area contributed by atoms with Crippen LogP contribution in [0, 0.1) is 0 Å². The van der Waals surface area contributed by atoms with Gasteiger partial charge in [0.05, 0.1) is 0 Å². The lowest BCUT2D eigenvalue weighted by molar-refractivity contribution is -0.134. The minimum Gasteiger partial charge on any atom is -0.336 e. The van der Waals surface area contributed by atoms with Crippen molar-refractivity contribution >= 4 is 18.3 Å². The average molecular weight is 299 g/mol. The third-order valence-corrected chi connectivity index (χ3v) is 3.46. The predicted molar refractivity (Wildman–Crippen MR) is 87.2 cm³/mol. The van der Waals surface area contributed by atoms with E-state index in [1.807, 2.05) is 30.1 Å². The van der Waals surface area contributed by atoms with Crippen LogP contribution in [0.5, 0.6) is 0 Å². The zero-order valence-corrected chi connectivity index (χ0v) is 13.6. The monoisotopic (exact) mass is 298 g/mol. The standard InChI is InChI=1S/C16H26N2O.ClH/c1-4-14(2)18(16(19)11-8-12-17-3)13-15-9-6-5-7-10-15;/h5-7,9-10,14,17H,4,8,11-13H2,1-3H3;1H. The Balaban J connectivity index is 0.00000361. The van der Waals surface area contributed by atoms with E-state index in [1.54, 1.807) is 0 Å². The van der Waals surface area contributed by atoms with Gasteiger partial charge in [0.15, 0.2) is 0 Å². The summed E-state index contributed by atoms with van der Waals surface area (Å²) in [6.07, 6.45) is 2.51. The topological polar surface area (TPSA) is 32.3 Å². The van der Waals surface area contributed by atoms with E-state index in [1.165, 1.54) is 5.56 Å². The van der Waals surface area contributed by atoms with Crippen LogP contribution in [0.1, 0.15) is 38.7 Å². The normalized spacial score (nSPS) is 11.6. The fourth-order valence-corrected chi connectivity index (χ4v) is 2.05. The van der Waals surface area contributed by atoms with E-state index >= 15 is 0 Å². The summed E-state index contributed by atoms with van der Waals surface area (Å²) >= 11 is 0. The van der Waals surface area contributed by atoms with Gasteiger partial charge >= 0.3 is 0 Å². The summed E-state index contributed by atoms with van der Waals surface area (Å²) in [5.74, 6) is 0.258. The first-order valence-corrected chi connectivity index (χ1v) is 7.17. The summed E-state index contributed by atoms with van der Waals surface area (Å²) in [4.78, 5) is 14.3. The van der Waals surface area contributed by atoms with Crippen LogP contribution >= 0.6 is 12.4 Å². The highest BCUT2D eigenvalue weighted by Crippen LogP contribution is 2.13. The molecule has 1 aromatic carbocycles. The van der Waals surface area contributed by atoms with Crippen molar-refractivity contribution in [2.75, 3.05) is 13.6 Å². The van der Waals surface area contributed by atoms with E-state index in [4.69, 9.17) is 0 Å². The van der Waals surface area contributed by atoms with Crippen LogP contribution in [-0.2, 0) is 11.3 Å². The maximum Gasteiger partial charge on any atom is 0.223 e. The molecule has 1 atom stereocenters. The second-order valence-electron chi connectivity index (χ2n) is 4.97. The zero-order chi connectivity index (χ0) is 14.1. The third kappa shape index (κ3) is 6.40. The number of halogens is 1. The molecule has 1 aromatic rings. The average Bonchev–Trinajstić information content (AvgIpc) is 2.45. The van der Waals surface area contributed by atoms with E-state index < -0.39 is 0 Å². The number of amides is 1. The van der Waals surface area contributed by atoms with Crippen molar-refractivity contribution in [2.24, 2.45) is 0 Å². The first-order valence-electron chi connectivity index (χ1n) is 7.17. The van der Waals surface area contributed by atoms with E-state index in [2.05, 4.69) is 31.3 Å². The molecule has 1 rings (SSSR count). The number of benzene rings is 1. The number of hydrogen-bond donors (Lipinski definition) is 1. The van der Waals surface area contributed by atoms with Crippen LogP contribution in [-0.4, -0.2) is 30.4 Å². The Morgan fingerprint density at radius 3 is 2.50 bits per heavy atom. The van der Waals surface area contributed by atoms with Gasteiger partial charge in [-0.25, -0.2) is 0 Å². The second kappa shape index (κ2) is 10.7. The summed E-state index contributed by atoms with van der Waals surface area (Å²) in [5.41, 5.74) is 1.20. The molecule has 0 heterocycles. The smallest absolute Gasteiger partial charge is 0.223 e. The van der Waals surface area contributed by atoms with Gasteiger partial charge in [0.25, 0.3) is 0 Å². The summed E-state index contributed by atoms with van der Waals surface area (Å²) < 4.78 is 0. The minimum absolute atomic E-state index is 0. The quantitative estimate of drug-likeness (QED) is 0.747. The summed E-state index contributed by atoms with van der Waals surface area (Å²) in [6, 6.07) is 10.5. The molecule has 0 aliphatic heterocycles. The van der Waals surface area contributed by atoms with Crippen molar-refractivity contribution in [3.63, 3.8) is 0 Å². The number of nitrogens with one attached hydrogen (secondary N) is 1. The maximum absolute atomic E-state index is 12.3. The number of carbonyl (C=O) groups is 1. The molecule has 0 spiro atoms. The zero-order valence-electron chi connectivity index (χ0n) is 12.8. The fraction of sp³-hybridized carbons (Fsp3) is 0.562. The largest absolute Gasteiger partial charge is 0.336 e. The summed E-state index contributed by atoms with van der Waals surface area (Å²) in [6.45, 7) is 5.86. The molecule has 0 aromatic heterocycles. The summed E-state index contributed by atoms with van der Waals surface area (Å²) in [5, 5.41) is 3.08. The van der Waals surface area contributed by atoms with Crippen molar-refractivity contribution < 1.29 is 4.79 Å². The highest BCUT2D eigenvalue weighted by molar-refractivity contribution is 5.85. The van der Waals surface area contributed by atoms with Gasteiger partial charge in [0.2, 0.25) is 5.91 Å². The van der Waals surface area contributed by atoms with Crippen LogP contribution in [0.15, 0.2) is 30.3 Å². The maximum atomic E-state index is 12.3. The fourth-order valence-electron chi connectivity index (χ4n) is 2.05. The van der Waals surface area contributed by atoms with Gasteiger partial charge in [-0.2, -0.15) is 0 Å².